The van der Waals surface area contributed by atoms with E-state index in [9.17, 15) is 0 Å². The first-order valence-corrected chi connectivity index (χ1v) is 9.25. The smallest absolute Gasteiger partial charge is 0.0195 e. The van der Waals surface area contributed by atoms with E-state index in [1.807, 2.05) is 27.7 Å². The minimum Gasteiger partial charge on any atom is -0.333 e. The molecule has 0 radical (unpaired) electrons. The maximum Gasteiger partial charge on any atom is -0.0195 e. The third-order valence-corrected chi connectivity index (χ3v) is 3.70. The van der Waals surface area contributed by atoms with Gasteiger partial charge in [-0.05, 0) is 52.0 Å². The second-order valence-corrected chi connectivity index (χ2v) is 5.26. The second kappa shape index (κ2) is 24.7. The number of unbranched alkanes of at least 4 members (excludes halogenated alkanes) is 1. The molecule has 0 aromatic heterocycles. The van der Waals surface area contributed by atoms with Gasteiger partial charge in [0.1, 0.15) is 0 Å². The molecular weight excluding hydrogens is 254 g/mol. The fourth-order valence-corrected chi connectivity index (χ4v) is 2.01. The molecule has 0 aromatic carbocycles. The van der Waals surface area contributed by atoms with E-state index >= 15 is 0 Å². The van der Waals surface area contributed by atoms with Gasteiger partial charge in [-0.15, -0.1) is 0 Å². The van der Waals surface area contributed by atoms with Crippen LogP contribution in [0.15, 0.2) is 11.1 Å². The van der Waals surface area contributed by atoms with Crippen LogP contribution in [0.3, 0.4) is 0 Å². The summed E-state index contributed by atoms with van der Waals surface area (Å²) in [5.41, 5.74) is 7.73. The third-order valence-electron chi connectivity index (χ3n) is 3.70. The van der Waals surface area contributed by atoms with Crippen molar-refractivity contribution in [1.29, 1.82) is 0 Å². The summed E-state index contributed by atoms with van der Waals surface area (Å²) in [6.45, 7) is 21.9. The number of allylic oxidation sites excluding steroid dienone is 2. The normalized spacial score (nSPS) is 11.9. The average Bonchev–Trinajstić information content (AvgIpc) is 2.55. The van der Waals surface area contributed by atoms with Crippen LogP contribution in [0.5, 0.6) is 0 Å². The highest BCUT2D eigenvalue weighted by atomic mass is 14.4. The Labute approximate surface area is 137 Å². The molecule has 0 rings (SSSR count). The zero-order valence-corrected chi connectivity index (χ0v) is 17.3. The SMILES string of the molecule is CC.CC.CCCCC(C/C(C)=C(/C)CC)C(C)C.CN. The largest absolute Gasteiger partial charge is 0.333 e. The highest BCUT2D eigenvalue weighted by Gasteiger charge is 2.13. The van der Waals surface area contributed by atoms with Crippen LogP contribution in [0.2, 0.25) is 0 Å². The predicted octanol–water partition coefficient (Wildman–Crippen LogP) is 7.21. The molecule has 1 unspecified atom stereocenters. The van der Waals surface area contributed by atoms with E-state index in [4.69, 9.17) is 0 Å². The molecule has 2 N–H and O–H groups in total. The third kappa shape index (κ3) is 19.7. The maximum atomic E-state index is 4.50. The van der Waals surface area contributed by atoms with Gasteiger partial charge in [-0.25, -0.2) is 0 Å². The first-order valence-electron chi connectivity index (χ1n) is 9.25. The highest BCUT2D eigenvalue weighted by molar-refractivity contribution is 5.09. The zero-order chi connectivity index (χ0) is 17.8. The van der Waals surface area contributed by atoms with Crippen LogP contribution >= 0.6 is 0 Å². The highest BCUT2D eigenvalue weighted by Crippen LogP contribution is 2.27. The van der Waals surface area contributed by atoms with E-state index in [0.717, 1.165) is 11.8 Å². The minimum atomic E-state index is 0.830. The van der Waals surface area contributed by atoms with Crippen LogP contribution in [0.4, 0.5) is 0 Å². The van der Waals surface area contributed by atoms with Crippen LogP contribution in [0.1, 0.15) is 101 Å². The van der Waals surface area contributed by atoms with E-state index in [1.165, 1.54) is 39.2 Å². The summed E-state index contributed by atoms with van der Waals surface area (Å²) in [6, 6.07) is 0. The summed E-state index contributed by atoms with van der Waals surface area (Å²) in [5.74, 6) is 1.72. The Hall–Kier alpha value is -0.300. The van der Waals surface area contributed by atoms with Gasteiger partial charge in [0.2, 0.25) is 0 Å². The summed E-state index contributed by atoms with van der Waals surface area (Å²) in [4.78, 5) is 0. The fraction of sp³-hybridized carbons (Fsp3) is 0.900. The fourth-order valence-electron chi connectivity index (χ4n) is 2.01. The van der Waals surface area contributed by atoms with Crippen LogP contribution in [0.25, 0.3) is 0 Å². The van der Waals surface area contributed by atoms with Gasteiger partial charge in [-0.2, -0.15) is 0 Å². The van der Waals surface area contributed by atoms with Gasteiger partial charge in [0.05, 0.1) is 0 Å². The molecule has 0 saturated carbocycles. The number of hydrogen-bond acceptors (Lipinski definition) is 1. The second-order valence-electron chi connectivity index (χ2n) is 5.26. The Morgan fingerprint density at radius 1 is 0.857 bits per heavy atom. The van der Waals surface area contributed by atoms with E-state index in [1.54, 1.807) is 11.1 Å². The van der Waals surface area contributed by atoms with Crippen LogP contribution in [-0.2, 0) is 0 Å². The van der Waals surface area contributed by atoms with Gasteiger partial charge in [0.15, 0.2) is 0 Å². The maximum absolute atomic E-state index is 4.50. The van der Waals surface area contributed by atoms with Crippen LogP contribution in [0, 0.1) is 11.8 Å². The van der Waals surface area contributed by atoms with Gasteiger partial charge in [-0.1, -0.05) is 79.4 Å². The Kier molecular flexibility index (Phi) is 33.9. The topological polar surface area (TPSA) is 26.0 Å². The van der Waals surface area contributed by atoms with E-state index in [-0.39, 0.29) is 0 Å². The molecule has 1 nitrogen and oxygen atoms in total. The monoisotopic (exact) mass is 301 g/mol. The molecule has 132 valence electrons. The molecule has 0 bridgehead atoms. The molecular formula is C20H47N. The van der Waals surface area contributed by atoms with Crippen molar-refractivity contribution in [2.45, 2.75) is 101 Å². The zero-order valence-electron chi connectivity index (χ0n) is 17.3. The summed E-state index contributed by atoms with van der Waals surface area (Å²) in [7, 11) is 1.50. The lowest BCUT2D eigenvalue weighted by atomic mass is 9.84. The van der Waals surface area contributed by atoms with Crippen molar-refractivity contribution in [3.05, 3.63) is 11.1 Å². The quantitative estimate of drug-likeness (QED) is 0.494. The van der Waals surface area contributed by atoms with Crippen molar-refractivity contribution >= 4 is 0 Å². The van der Waals surface area contributed by atoms with E-state index in [0.29, 0.717) is 0 Å². The molecule has 0 fully saturated rings. The first-order chi connectivity index (χ1) is 10.0. The summed E-state index contributed by atoms with van der Waals surface area (Å²) >= 11 is 0. The Bertz CT molecular complexity index is 192. The number of rotatable bonds is 7. The predicted molar refractivity (Wildman–Crippen MR) is 104 cm³/mol. The van der Waals surface area contributed by atoms with Gasteiger partial charge in [0.25, 0.3) is 0 Å². The van der Waals surface area contributed by atoms with Crippen molar-refractivity contribution in [2.75, 3.05) is 7.05 Å². The number of hydrogen-bond donors (Lipinski definition) is 1. The van der Waals surface area contributed by atoms with E-state index < -0.39 is 0 Å². The first kappa shape index (κ1) is 28.8. The summed E-state index contributed by atoms with van der Waals surface area (Å²) < 4.78 is 0. The molecule has 1 atom stereocenters. The van der Waals surface area contributed by atoms with Crippen molar-refractivity contribution in [3.63, 3.8) is 0 Å². The van der Waals surface area contributed by atoms with Gasteiger partial charge >= 0.3 is 0 Å². The average molecular weight is 302 g/mol. The van der Waals surface area contributed by atoms with Gasteiger partial charge in [0, 0.05) is 0 Å². The van der Waals surface area contributed by atoms with E-state index in [2.05, 4.69) is 47.3 Å². The minimum absolute atomic E-state index is 0.830. The van der Waals surface area contributed by atoms with Crippen molar-refractivity contribution < 1.29 is 0 Å². The van der Waals surface area contributed by atoms with Gasteiger partial charge < -0.3 is 5.73 Å². The molecule has 0 aliphatic rings. The summed E-state index contributed by atoms with van der Waals surface area (Å²) in [6.07, 6.45) is 6.66. The van der Waals surface area contributed by atoms with Crippen molar-refractivity contribution in [3.8, 4) is 0 Å². The lowest BCUT2D eigenvalue weighted by Crippen LogP contribution is -2.09. The molecule has 0 aliphatic carbocycles. The molecule has 0 amide bonds. The molecule has 0 spiro atoms. The van der Waals surface area contributed by atoms with Crippen molar-refractivity contribution in [2.24, 2.45) is 17.6 Å². The van der Waals surface area contributed by atoms with Crippen LogP contribution < -0.4 is 5.73 Å². The molecule has 0 aromatic rings. The molecule has 1 heteroatoms. The Morgan fingerprint density at radius 2 is 1.29 bits per heavy atom. The number of nitrogens with two attached hydrogens (primary N) is 1. The Morgan fingerprint density at radius 3 is 1.57 bits per heavy atom. The summed E-state index contributed by atoms with van der Waals surface area (Å²) in [5, 5.41) is 0. The lowest BCUT2D eigenvalue weighted by Gasteiger charge is -2.22. The molecule has 0 aliphatic heterocycles. The lowest BCUT2D eigenvalue weighted by molar-refractivity contribution is 0.346. The molecule has 0 saturated heterocycles. The van der Waals surface area contributed by atoms with Crippen molar-refractivity contribution in [1.82, 2.24) is 0 Å². The van der Waals surface area contributed by atoms with Crippen LogP contribution in [-0.4, -0.2) is 7.05 Å². The van der Waals surface area contributed by atoms with Gasteiger partial charge in [-0.3, -0.25) is 0 Å². The standard InChI is InChI=1S/C15H30.2C2H6.CH5N/c1-7-9-10-15(12(3)4)11-14(6)13(5)8-2;3*1-2/h12,15H,7-11H2,1-6H3;2*1-2H3;2H2,1H3/b14-13-;;;. The molecule has 21 heavy (non-hydrogen) atoms. The Balaban J connectivity index is -0.000000212. The molecule has 0 heterocycles.